The van der Waals surface area contributed by atoms with Gasteiger partial charge in [0.2, 0.25) is 0 Å². The molecule has 2 nitrogen and oxygen atoms in total. The Morgan fingerprint density at radius 2 is 1.95 bits per heavy atom. The van der Waals surface area contributed by atoms with Crippen LogP contribution in [0.25, 0.3) is 0 Å². The van der Waals surface area contributed by atoms with Crippen LogP contribution >= 0.6 is 12.6 Å². The lowest BCUT2D eigenvalue weighted by molar-refractivity contribution is 0.0946. The number of amides is 1. The topological polar surface area (TPSA) is 29.1 Å². The Bertz CT molecular complexity index is 644. The summed E-state index contributed by atoms with van der Waals surface area (Å²) in [5.74, 6) is -0.554. The van der Waals surface area contributed by atoms with E-state index < -0.39 is 5.82 Å². The van der Waals surface area contributed by atoms with Gasteiger partial charge in [0.1, 0.15) is 5.82 Å². The summed E-state index contributed by atoms with van der Waals surface area (Å²) >= 11 is 4.13. The van der Waals surface area contributed by atoms with Crippen LogP contribution in [-0.4, -0.2) is 11.9 Å². The predicted molar refractivity (Wildman–Crippen MR) is 78.7 cm³/mol. The van der Waals surface area contributed by atoms with Crippen molar-refractivity contribution in [1.82, 2.24) is 5.32 Å². The highest BCUT2D eigenvalue weighted by Crippen LogP contribution is 2.40. The lowest BCUT2D eigenvalue weighted by Crippen LogP contribution is -2.27. The summed E-state index contributed by atoms with van der Waals surface area (Å²) in [4.78, 5) is 12.6. The second-order valence-corrected chi connectivity index (χ2v) is 5.51. The van der Waals surface area contributed by atoms with Crippen LogP contribution in [0.5, 0.6) is 0 Å². The summed E-state index contributed by atoms with van der Waals surface area (Å²) in [6.07, 6.45) is 0.901. The van der Waals surface area contributed by atoms with E-state index in [1.165, 1.54) is 23.8 Å². The molecule has 0 aliphatic heterocycles. The van der Waals surface area contributed by atoms with Gasteiger partial charge < -0.3 is 5.32 Å². The van der Waals surface area contributed by atoms with E-state index in [0.29, 0.717) is 10.8 Å². The molecule has 1 saturated carbocycles. The van der Waals surface area contributed by atoms with E-state index in [9.17, 15) is 9.18 Å². The fourth-order valence-corrected chi connectivity index (χ4v) is 2.56. The summed E-state index contributed by atoms with van der Waals surface area (Å²) in [7, 11) is 0. The molecule has 0 aromatic heterocycles. The van der Waals surface area contributed by atoms with E-state index in [4.69, 9.17) is 0 Å². The molecule has 0 bridgehead atoms. The van der Waals surface area contributed by atoms with Gasteiger partial charge in [0.15, 0.2) is 0 Å². The van der Waals surface area contributed by atoms with E-state index in [2.05, 4.69) is 17.9 Å². The van der Waals surface area contributed by atoms with Crippen LogP contribution in [0.2, 0.25) is 0 Å². The number of halogens is 1. The largest absolute Gasteiger partial charge is 0.349 e. The molecule has 4 heteroatoms. The highest BCUT2D eigenvalue weighted by molar-refractivity contribution is 7.80. The van der Waals surface area contributed by atoms with Crippen molar-refractivity contribution in [3.8, 4) is 0 Å². The first-order valence-electron chi connectivity index (χ1n) is 6.49. The predicted octanol–water partition coefficient (Wildman–Crippen LogP) is 3.40. The molecule has 0 heterocycles. The van der Waals surface area contributed by atoms with Gasteiger partial charge in [-0.05, 0) is 30.2 Å². The van der Waals surface area contributed by atoms with Crippen LogP contribution in [-0.2, 0) is 0 Å². The Kier molecular flexibility index (Phi) is 3.49. The lowest BCUT2D eigenvalue weighted by Gasteiger charge is -2.06. The van der Waals surface area contributed by atoms with E-state index in [1.54, 1.807) is 0 Å². The van der Waals surface area contributed by atoms with Crippen molar-refractivity contribution >= 4 is 18.5 Å². The minimum absolute atomic E-state index is 0.0520. The number of nitrogens with one attached hydrogen (secondary N) is 1. The Morgan fingerprint density at radius 1 is 1.20 bits per heavy atom. The summed E-state index contributed by atoms with van der Waals surface area (Å²) in [6.45, 7) is 0. The quantitative estimate of drug-likeness (QED) is 0.832. The highest BCUT2D eigenvalue weighted by Gasteiger charge is 2.39. The molecule has 1 aliphatic carbocycles. The summed E-state index contributed by atoms with van der Waals surface area (Å²) in [6, 6.07) is 14.4. The van der Waals surface area contributed by atoms with Crippen molar-refractivity contribution in [2.24, 2.45) is 0 Å². The van der Waals surface area contributed by atoms with Crippen molar-refractivity contribution in [2.45, 2.75) is 23.3 Å². The normalized spacial score (nSPS) is 20.5. The number of thiol groups is 1. The van der Waals surface area contributed by atoms with Crippen molar-refractivity contribution in [1.29, 1.82) is 0 Å². The number of carbonyl (C=O) groups excluding carboxylic acids is 1. The molecule has 2 aromatic carbocycles. The van der Waals surface area contributed by atoms with Crippen molar-refractivity contribution in [3.05, 3.63) is 65.5 Å². The Hall–Kier alpha value is -1.81. The minimum Gasteiger partial charge on any atom is -0.349 e. The van der Waals surface area contributed by atoms with Crippen LogP contribution < -0.4 is 5.32 Å². The van der Waals surface area contributed by atoms with Crippen LogP contribution in [0, 0.1) is 5.82 Å². The standard InChI is InChI=1S/C16H14FNOS/c17-14-7-6-11(20)8-13(14)16(19)18-15-9-12(15)10-4-2-1-3-5-10/h1-8,12,15,20H,9H2,(H,18,19). The smallest absolute Gasteiger partial charge is 0.254 e. The van der Waals surface area contributed by atoms with Crippen molar-refractivity contribution < 1.29 is 9.18 Å². The summed E-state index contributed by atoms with van der Waals surface area (Å²) < 4.78 is 13.6. The van der Waals surface area contributed by atoms with E-state index in [-0.39, 0.29) is 17.5 Å². The maximum absolute atomic E-state index is 13.6. The monoisotopic (exact) mass is 287 g/mol. The van der Waals surface area contributed by atoms with Crippen molar-refractivity contribution in [2.75, 3.05) is 0 Å². The molecule has 2 unspecified atom stereocenters. The molecule has 0 spiro atoms. The first-order valence-corrected chi connectivity index (χ1v) is 6.94. The van der Waals surface area contributed by atoms with Crippen LogP contribution in [0.4, 0.5) is 4.39 Å². The third-order valence-electron chi connectivity index (χ3n) is 3.53. The maximum Gasteiger partial charge on any atom is 0.254 e. The Balaban J connectivity index is 1.68. The molecular formula is C16H14FNOS. The number of rotatable bonds is 3. The van der Waals surface area contributed by atoms with Crippen LogP contribution in [0.1, 0.15) is 28.3 Å². The van der Waals surface area contributed by atoms with E-state index >= 15 is 0 Å². The van der Waals surface area contributed by atoms with Crippen LogP contribution in [0.3, 0.4) is 0 Å². The molecule has 2 aromatic rings. The van der Waals surface area contributed by atoms with Crippen molar-refractivity contribution in [3.63, 3.8) is 0 Å². The van der Waals surface area contributed by atoms with Gasteiger partial charge in [-0.3, -0.25) is 4.79 Å². The zero-order valence-electron chi connectivity index (χ0n) is 10.7. The fraction of sp³-hybridized carbons (Fsp3) is 0.188. The molecule has 1 fully saturated rings. The Labute approximate surface area is 122 Å². The average molecular weight is 287 g/mol. The number of benzene rings is 2. The molecule has 20 heavy (non-hydrogen) atoms. The molecule has 3 rings (SSSR count). The minimum atomic E-state index is -0.516. The van der Waals surface area contributed by atoms with Crippen LogP contribution in [0.15, 0.2) is 53.4 Å². The Morgan fingerprint density at radius 3 is 2.70 bits per heavy atom. The number of hydrogen-bond acceptors (Lipinski definition) is 2. The van der Waals surface area contributed by atoms with Gasteiger partial charge in [-0.15, -0.1) is 12.6 Å². The number of hydrogen-bond donors (Lipinski definition) is 2. The number of carbonyl (C=O) groups is 1. The first kappa shape index (κ1) is 13.2. The second kappa shape index (κ2) is 5.29. The molecule has 1 amide bonds. The molecule has 2 atom stereocenters. The zero-order chi connectivity index (χ0) is 14.1. The third kappa shape index (κ3) is 2.70. The van der Waals surface area contributed by atoms with Gasteiger partial charge in [-0.2, -0.15) is 0 Å². The lowest BCUT2D eigenvalue weighted by atomic mass is 10.1. The molecule has 0 saturated heterocycles. The van der Waals surface area contributed by atoms with Gasteiger partial charge in [0.05, 0.1) is 5.56 Å². The summed E-state index contributed by atoms with van der Waals surface area (Å²) in [5.41, 5.74) is 1.26. The summed E-state index contributed by atoms with van der Waals surface area (Å²) in [5, 5.41) is 2.87. The molecule has 1 aliphatic rings. The van der Waals surface area contributed by atoms with Gasteiger partial charge in [0.25, 0.3) is 5.91 Å². The van der Waals surface area contributed by atoms with Gasteiger partial charge in [-0.25, -0.2) is 4.39 Å². The molecule has 102 valence electrons. The molecule has 0 radical (unpaired) electrons. The fourth-order valence-electron chi connectivity index (χ4n) is 2.36. The zero-order valence-corrected chi connectivity index (χ0v) is 11.6. The molecule has 1 N–H and O–H groups in total. The van der Waals surface area contributed by atoms with Gasteiger partial charge in [-0.1, -0.05) is 30.3 Å². The molecular weight excluding hydrogens is 273 g/mol. The third-order valence-corrected chi connectivity index (χ3v) is 3.81. The second-order valence-electron chi connectivity index (χ2n) is 5.00. The SMILES string of the molecule is O=C(NC1CC1c1ccccc1)c1cc(S)ccc1F. The van der Waals surface area contributed by atoms with E-state index in [0.717, 1.165) is 6.42 Å². The van der Waals surface area contributed by atoms with Gasteiger partial charge in [0, 0.05) is 16.9 Å². The maximum atomic E-state index is 13.6. The van der Waals surface area contributed by atoms with E-state index in [1.807, 2.05) is 30.3 Å². The average Bonchev–Trinajstić information content (AvgIpc) is 3.21. The first-order chi connectivity index (χ1) is 9.65. The van der Waals surface area contributed by atoms with Gasteiger partial charge >= 0.3 is 0 Å². The highest BCUT2D eigenvalue weighted by atomic mass is 32.1.